The number of hydrogen-bond acceptors (Lipinski definition) is 2. The Bertz CT molecular complexity index is 345. The molecule has 0 N–H and O–H groups in total. The molecule has 16 heavy (non-hydrogen) atoms. The molecule has 0 bridgehead atoms. The van der Waals surface area contributed by atoms with E-state index in [1.165, 1.54) is 7.11 Å². The summed E-state index contributed by atoms with van der Waals surface area (Å²) in [7, 11) is 1.26. The fourth-order valence-corrected chi connectivity index (χ4v) is 1.08. The van der Waals surface area contributed by atoms with Gasteiger partial charge in [-0.25, -0.2) is 4.39 Å². The Hall–Kier alpha value is 0.401. The van der Waals surface area contributed by atoms with Crippen molar-refractivity contribution in [1.29, 1.82) is 0 Å². The Balaban J connectivity index is 0.00000225. The van der Waals surface area contributed by atoms with Gasteiger partial charge in [-0.2, -0.15) is 0 Å². The van der Waals surface area contributed by atoms with Crippen molar-refractivity contribution in [2.45, 2.75) is 0 Å². The maximum Gasteiger partial charge on any atom is 1.00 e. The summed E-state index contributed by atoms with van der Waals surface area (Å²) in [5.41, 5.74) is -1.35. The second-order valence-electron chi connectivity index (χ2n) is 2.78. The molecule has 0 atom stereocenters. The van der Waals surface area contributed by atoms with Crippen molar-refractivity contribution < 1.29 is 78.2 Å². The van der Waals surface area contributed by atoms with Gasteiger partial charge in [0, 0.05) is 7.11 Å². The summed E-state index contributed by atoms with van der Waals surface area (Å²) in [6.07, 6.45) is 0. The third-order valence-electron chi connectivity index (χ3n) is 1.67. The van der Waals surface area contributed by atoms with Crippen LogP contribution in [0.15, 0.2) is 18.2 Å². The molecular weight excluding hydrogens is 254 g/mol. The number of methoxy groups -OCH3 is 1. The minimum absolute atomic E-state index is 0. The molecule has 0 aliphatic carbocycles. The van der Waals surface area contributed by atoms with Crippen LogP contribution in [0.25, 0.3) is 0 Å². The smallest absolute Gasteiger partial charge is 0.470 e. The van der Waals surface area contributed by atoms with Crippen LogP contribution >= 0.6 is 0 Å². The molecule has 0 heterocycles. The van der Waals surface area contributed by atoms with Gasteiger partial charge in [0.15, 0.2) is 6.79 Å². The first-order chi connectivity index (χ1) is 6.96. The summed E-state index contributed by atoms with van der Waals surface area (Å²) in [4.78, 5) is 0. The van der Waals surface area contributed by atoms with Crippen LogP contribution in [0.2, 0.25) is 0 Å². The third kappa shape index (κ3) is 4.34. The van der Waals surface area contributed by atoms with Crippen molar-refractivity contribution in [1.82, 2.24) is 0 Å². The predicted octanol–water partition coefficient (Wildman–Crippen LogP) is -1.13. The molecule has 0 fully saturated rings. The molecule has 8 heteroatoms. The number of ether oxygens (including phenoxy) is 2. The van der Waals surface area contributed by atoms with Gasteiger partial charge in [-0.15, -0.1) is 0 Å². The Morgan fingerprint density at radius 1 is 1.25 bits per heavy atom. The van der Waals surface area contributed by atoms with Gasteiger partial charge in [0.2, 0.25) is 0 Å². The van der Waals surface area contributed by atoms with Crippen LogP contribution < -0.4 is 61.6 Å². The van der Waals surface area contributed by atoms with Gasteiger partial charge in [0.05, 0.1) is 11.6 Å². The van der Waals surface area contributed by atoms with Gasteiger partial charge in [0.25, 0.3) is 0 Å². The SMILES string of the molecule is COCOc1cccc(F)c1[B-](F)(F)F.[K+]. The van der Waals surface area contributed by atoms with E-state index in [2.05, 4.69) is 9.47 Å². The minimum atomic E-state index is -5.43. The van der Waals surface area contributed by atoms with Crippen molar-refractivity contribution >= 4 is 12.4 Å². The molecule has 0 aliphatic heterocycles. The molecule has 2 nitrogen and oxygen atoms in total. The molecule has 0 aromatic heterocycles. The van der Waals surface area contributed by atoms with Gasteiger partial charge < -0.3 is 22.4 Å². The summed E-state index contributed by atoms with van der Waals surface area (Å²) in [5, 5.41) is 0. The van der Waals surface area contributed by atoms with Crippen LogP contribution in [-0.4, -0.2) is 20.9 Å². The molecule has 0 saturated carbocycles. The Morgan fingerprint density at radius 3 is 2.38 bits per heavy atom. The molecule has 0 aliphatic rings. The van der Waals surface area contributed by atoms with Crippen LogP contribution in [0, 0.1) is 5.82 Å². The maximum atomic E-state index is 12.9. The summed E-state index contributed by atoms with van der Waals surface area (Å²) in [6, 6.07) is 2.93. The summed E-state index contributed by atoms with van der Waals surface area (Å²) < 4.78 is 59.3. The maximum absolute atomic E-state index is 12.9. The summed E-state index contributed by atoms with van der Waals surface area (Å²) >= 11 is 0. The first kappa shape index (κ1) is 16.4. The molecular formula is C8H8BF4KO2. The van der Waals surface area contributed by atoms with E-state index < -0.39 is 24.0 Å². The zero-order valence-electron chi connectivity index (χ0n) is 8.84. The van der Waals surface area contributed by atoms with Gasteiger partial charge in [-0.1, -0.05) is 6.07 Å². The summed E-state index contributed by atoms with van der Waals surface area (Å²) in [5.74, 6) is -1.89. The Labute approximate surface area is 133 Å². The molecule has 1 rings (SSSR count). The first-order valence-electron chi connectivity index (χ1n) is 4.07. The van der Waals surface area contributed by atoms with Crippen molar-refractivity contribution in [2.24, 2.45) is 0 Å². The van der Waals surface area contributed by atoms with E-state index in [1.54, 1.807) is 0 Å². The third-order valence-corrected chi connectivity index (χ3v) is 1.67. The second kappa shape index (κ2) is 6.97. The standard InChI is InChI=1S/C8H8BF4O2.K/c1-14-5-15-7-4-2-3-6(10)8(7)9(11,12)13;/h2-4H,5H2,1H3;/q-1;+1. The van der Waals surface area contributed by atoms with Crippen LogP contribution in [0.5, 0.6) is 5.75 Å². The predicted molar refractivity (Wildman–Crippen MR) is 47.6 cm³/mol. The van der Waals surface area contributed by atoms with E-state index in [0.717, 1.165) is 18.2 Å². The van der Waals surface area contributed by atoms with Gasteiger partial charge in [-0.3, -0.25) is 0 Å². The van der Waals surface area contributed by atoms with Crippen molar-refractivity contribution in [2.75, 3.05) is 13.9 Å². The second-order valence-corrected chi connectivity index (χ2v) is 2.78. The quantitative estimate of drug-likeness (QED) is 0.388. The van der Waals surface area contributed by atoms with Gasteiger partial charge >= 0.3 is 58.4 Å². The molecule has 0 spiro atoms. The van der Waals surface area contributed by atoms with E-state index in [9.17, 15) is 17.3 Å². The molecule has 1 aromatic rings. The van der Waals surface area contributed by atoms with Crippen LogP contribution in [0.1, 0.15) is 0 Å². The molecule has 0 unspecified atom stereocenters. The normalized spacial score (nSPS) is 10.8. The summed E-state index contributed by atoms with van der Waals surface area (Å²) in [6.45, 7) is -5.79. The number of halogens is 4. The fraction of sp³-hybridized carbons (Fsp3) is 0.250. The zero-order valence-corrected chi connectivity index (χ0v) is 12.0. The Kier molecular flexibility index (Phi) is 7.15. The van der Waals surface area contributed by atoms with Crippen LogP contribution in [-0.2, 0) is 4.74 Å². The van der Waals surface area contributed by atoms with Crippen LogP contribution in [0.3, 0.4) is 0 Å². The van der Waals surface area contributed by atoms with Crippen LogP contribution in [0.4, 0.5) is 17.3 Å². The molecule has 0 radical (unpaired) electrons. The van der Waals surface area contributed by atoms with E-state index >= 15 is 0 Å². The minimum Gasteiger partial charge on any atom is -0.470 e. The van der Waals surface area contributed by atoms with E-state index in [-0.39, 0.29) is 58.2 Å². The largest absolute Gasteiger partial charge is 1.00 e. The first-order valence-corrected chi connectivity index (χ1v) is 4.07. The van der Waals surface area contributed by atoms with Crippen molar-refractivity contribution in [3.05, 3.63) is 24.0 Å². The number of benzene rings is 1. The monoisotopic (exact) mass is 262 g/mol. The van der Waals surface area contributed by atoms with E-state index in [0.29, 0.717) is 0 Å². The van der Waals surface area contributed by atoms with Gasteiger partial charge in [0.1, 0.15) is 0 Å². The molecule has 1 aromatic carbocycles. The Morgan fingerprint density at radius 2 is 1.88 bits per heavy atom. The van der Waals surface area contributed by atoms with E-state index in [1.807, 2.05) is 0 Å². The average molecular weight is 262 g/mol. The topological polar surface area (TPSA) is 18.5 Å². The van der Waals surface area contributed by atoms with E-state index in [4.69, 9.17) is 0 Å². The zero-order chi connectivity index (χ0) is 11.5. The average Bonchev–Trinajstić information content (AvgIpc) is 2.12. The van der Waals surface area contributed by atoms with Crippen molar-refractivity contribution in [3.63, 3.8) is 0 Å². The molecule has 0 amide bonds. The number of hydrogen-bond donors (Lipinski definition) is 0. The number of rotatable bonds is 4. The fourth-order valence-electron chi connectivity index (χ4n) is 1.08. The van der Waals surface area contributed by atoms with Crippen molar-refractivity contribution in [3.8, 4) is 5.75 Å². The molecule has 0 saturated heterocycles. The molecule has 84 valence electrons. The van der Waals surface area contributed by atoms with Gasteiger partial charge in [-0.05, 0) is 17.6 Å².